The van der Waals surface area contributed by atoms with Crippen LogP contribution in [-0.4, -0.2) is 31.1 Å². The van der Waals surface area contributed by atoms with Gasteiger partial charge >= 0.3 is 0 Å². The van der Waals surface area contributed by atoms with E-state index < -0.39 is 0 Å². The second-order valence-electron chi connectivity index (χ2n) is 5.61. The molecule has 0 aromatic heterocycles. The molecule has 0 bridgehead atoms. The maximum atomic E-state index is 11.7. The molecular weight excluding hydrogens is 254 g/mol. The molecule has 4 nitrogen and oxygen atoms in total. The summed E-state index contributed by atoms with van der Waals surface area (Å²) in [5.74, 6) is 2.20. The van der Waals surface area contributed by atoms with E-state index in [4.69, 9.17) is 9.47 Å². The Morgan fingerprint density at radius 3 is 2.70 bits per heavy atom. The van der Waals surface area contributed by atoms with Crippen molar-refractivity contribution in [3.63, 3.8) is 0 Å². The van der Waals surface area contributed by atoms with Gasteiger partial charge in [-0.25, -0.2) is 0 Å². The smallest absolute Gasteiger partial charge is 0.222 e. The highest BCUT2D eigenvalue weighted by molar-refractivity contribution is 5.78. The standard InChI is InChI=1S/C16H23NO3/c1-12(2)11-20-15-9-13(6-7-14(15)19-3)10-17-8-4-5-16(17)18/h6-7,9,12H,4-5,8,10-11H2,1-3H3. The number of hydrogen-bond acceptors (Lipinski definition) is 3. The molecule has 1 aromatic rings. The molecule has 1 aromatic carbocycles. The summed E-state index contributed by atoms with van der Waals surface area (Å²) in [6.45, 7) is 6.38. The summed E-state index contributed by atoms with van der Waals surface area (Å²) in [6, 6.07) is 5.88. The number of carbonyl (C=O) groups is 1. The maximum Gasteiger partial charge on any atom is 0.222 e. The number of carbonyl (C=O) groups excluding carboxylic acids is 1. The molecule has 0 atom stereocenters. The quantitative estimate of drug-likeness (QED) is 0.802. The van der Waals surface area contributed by atoms with Gasteiger partial charge in [0.25, 0.3) is 0 Å². The number of amides is 1. The largest absolute Gasteiger partial charge is 0.493 e. The molecule has 4 heteroatoms. The van der Waals surface area contributed by atoms with Crippen LogP contribution >= 0.6 is 0 Å². The summed E-state index contributed by atoms with van der Waals surface area (Å²) in [7, 11) is 1.64. The Hall–Kier alpha value is -1.71. The first-order valence-electron chi connectivity index (χ1n) is 7.17. The molecule has 1 fully saturated rings. The summed E-state index contributed by atoms with van der Waals surface area (Å²) in [5, 5.41) is 0. The lowest BCUT2D eigenvalue weighted by Gasteiger charge is -2.18. The van der Waals surface area contributed by atoms with Crippen molar-refractivity contribution in [2.45, 2.75) is 33.2 Å². The summed E-state index contributed by atoms with van der Waals surface area (Å²) in [5.41, 5.74) is 1.08. The van der Waals surface area contributed by atoms with Crippen LogP contribution in [0.1, 0.15) is 32.3 Å². The van der Waals surface area contributed by atoms with E-state index in [1.165, 1.54) is 0 Å². The highest BCUT2D eigenvalue weighted by Gasteiger charge is 2.20. The van der Waals surface area contributed by atoms with Crippen molar-refractivity contribution in [1.82, 2.24) is 4.90 Å². The van der Waals surface area contributed by atoms with Crippen LogP contribution in [0.2, 0.25) is 0 Å². The van der Waals surface area contributed by atoms with Gasteiger partial charge in [-0.15, -0.1) is 0 Å². The second kappa shape index (κ2) is 6.64. The first-order chi connectivity index (χ1) is 9.60. The van der Waals surface area contributed by atoms with E-state index in [2.05, 4.69) is 13.8 Å². The van der Waals surface area contributed by atoms with E-state index in [0.29, 0.717) is 25.5 Å². The lowest BCUT2D eigenvalue weighted by molar-refractivity contribution is -0.128. The van der Waals surface area contributed by atoms with Gasteiger partial charge in [0.2, 0.25) is 5.91 Å². The van der Waals surface area contributed by atoms with Crippen molar-refractivity contribution >= 4 is 5.91 Å². The zero-order valence-corrected chi connectivity index (χ0v) is 12.5. The third kappa shape index (κ3) is 3.65. The Balaban J connectivity index is 2.09. The predicted octanol–water partition coefficient (Wildman–Crippen LogP) is 2.85. The summed E-state index contributed by atoms with van der Waals surface area (Å²) < 4.78 is 11.1. The molecule has 2 rings (SSSR count). The molecule has 0 radical (unpaired) electrons. The van der Waals surface area contributed by atoms with E-state index in [0.717, 1.165) is 30.0 Å². The molecule has 0 spiro atoms. The number of ether oxygens (including phenoxy) is 2. The minimum Gasteiger partial charge on any atom is -0.493 e. The van der Waals surface area contributed by atoms with Gasteiger partial charge in [-0.05, 0) is 30.0 Å². The zero-order valence-electron chi connectivity index (χ0n) is 12.5. The summed E-state index contributed by atoms with van der Waals surface area (Å²) >= 11 is 0. The van der Waals surface area contributed by atoms with E-state index >= 15 is 0 Å². The highest BCUT2D eigenvalue weighted by Crippen LogP contribution is 2.29. The van der Waals surface area contributed by atoms with Crippen LogP contribution in [0.5, 0.6) is 11.5 Å². The number of rotatable bonds is 6. The van der Waals surface area contributed by atoms with Crippen molar-refractivity contribution in [3.05, 3.63) is 23.8 Å². The molecule has 0 unspecified atom stereocenters. The Bertz CT molecular complexity index is 471. The Labute approximate surface area is 120 Å². The van der Waals surface area contributed by atoms with E-state index in [9.17, 15) is 4.79 Å². The SMILES string of the molecule is COc1ccc(CN2CCCC2=O)cc1OCC(C)C. The molecule has 1 amide bonds. The van der Waals surface area contributed by atoms with Gasteiger partial charge in [0, 0.05) is 19.5 Å². The predicted molar refractivity (Wildman–Crippen MR) is 78.0 cm³/mol. The molecule has 0 N–H and O–H groups in total. The van der Waals surface area contributed by atoms with Gasteiger partial charge in [-0.1, -0.05) is 19.9 Å². The molecule has 1 aliphatic rings. The van der Waals surface area contributed by atoms with Crippen molar-refractivity contribution in [2.24, 2.45) is 5.92 Å². The Morgan fingerprint density at radius 1 is 1.30 bits per heavy atom. The molecule has 1 heterocycles. The van der Waals surface area contributed by atoms with Crippen molar-refractivity contribution in [2.75, 3.05) is 20.3 Å². The second-order valence-corrected chi connectivity index (χ2v) is 5.61. The van der Waals surface area contributed by atoms with E-state index in [-0.39, 0.29) is 5.91 Å². The van der Waals surface area contributed by atoms with Crippen LogP contribution in [0.4, 0.5) is 0 Å². The third-order valence-electron chi connectivity index (χ3n) is 3.35. The molecule has 0 saturated carbocycles. The van der Waals surface area contributed by atoms with Crippen LogP contribution < -0.4 is 9.47 Å². The summed E-state index contributed by atoms with van der Waals surface area (Å²) in [4.78, 5) is 13.6. The van der Waals surface area contributed by atoms with Gasteiger partial charge < -0.3 is 14.4 Å². The van der Waals surface area contributed by atoms with Crippen LogP contribution in [-0.2, 0) is 11.3 Å². The maximum absolute atomic E-state index is 11.7. The molecule has 1 saturated heterocycles. The van der Waals surface area contributed by atoms with Crippen molar-refractivity contribution in [3.8, 4) is 11.5 Å². The number of hydrogen-bond donors (Lipinski definition) is 0. The minimum absolute atomic E-state index is 0.241. The Kier molecular flexibility index (Phi) is 4.88. The fourth-order valence-electron chi connectivity index (χ4n) is 2.28. The fraction of sp³-hybridized carbons (Fsp3) is 0.562. The number of likely N-dealkylation sites (tertiary alicyclic amines) is 1. The zero-order chi connectivity index (χ0) is 14.5. The monoisotopic (exact) mass is 277 g/mol. The molecular formula is C16H23NO3. The van der Waals surface area contributed by atoms with Gasteiger partial charge in [-0.3, -0.25) is 4.79 Å². The lowest BCUT2D eigenvalue weighted by Crippen LogP contribution is -2.23. The van der Waals surface area contributed by atoms with Crippen molar-refractivity contribution < 1.29 is 14.3 Å². The van der Waals surface area contributed by atoms with Gasteiger partial charge in [0.1, 0.15) is 0 Å². The van der Waals surface area contributed by atoms with Gasteiger partial charge in [-0.2, -0.15) is 0 Å². The molecule has 1 aliphatic heterocycles. The number of nitrogens with zero attached hydrogens (tertiary/aromatic N) is 1. The average molecular weight is 277 g/mol. The molecule has 0 aliphatic carbocycles. The molecule has 110 valence electrons. The average Bonchev–Trinajstić information content (AvgIpc) is 2.82. The fourth-order valence-corrected chi connectivity index (χ4v) is 2.28. The van der Waals surface area contributed by atoms with Gasteiger partial charge in [0.05, 0.1) is 13.7 Å². The van der Waals surface area contributed by atoms with E-state index in [1.54, 1.807) is 7.11 Å². The van der Waals surface area contributed by atoms with E-state index in [1.807, 2.05) is 23.1 Å². The van der Waals surface area contributed by atoms with Crippen LogP contribution in [0.15, 0.2) is 18.2 Å². The van der Waals surface area contributed by atoms with Crippen LogP contribution in [0, 0.1) is 5.92 Å². The first kappa shape index (κ1) is 14.7. The number of benzene rings is 1. The van der Waals surface area contributed by atoms with Crippen LogP contribution in [0.3, 0.4) is 0 Å². The lowest BCUT2D eigenvalue weighted by atomic mass is 10.2. The Morgan fingerprint density at radius 2 is 2.10 bits per heavy atom. The van der Waals surface area contributed by atoms with Crippen LogP contribution in [0.25, 0.3) is 0 Å². The first-order valence-corrected chi connectivity index (χ1v) is 7.17. The topological polar surface area (TPSA) is 38.8 Å². The van der Waals surface area contributed by atoms with Crippen molar-refractivity contribution in [1.29, 1.82) is 0 Å². The number of methoxy groups -OCH3 is 1. The highest BCUT2D eigenvalue weighted by atomic mass is 16.5. The molecule has 20 heavy (non-hydrogen) atoms. The normalized spacial score (nSPS) is 15.0. The third-order valence-corrected chi connectivity index (χ3v) is 3.35. The summed E-state index contributed by atoms with van der Waals surface area (Å²) in [6.07, 6.45) is 1.64. The van der Waals surface area contributed by atoms with Gasteiger partial charge in [0.15, 0.2) is 11.5 Å². The minimum atomic E-state index is 0.241.